The van der Waals surface area contributed by atoms with Crippen LogP contribution in [0, 0.1) is 29.6 Å². The fourth-order valence-electron chi connectivity index (χ4n) is 6.11. The number of hydrazine groups is 2. The van der Waals surface area contributed by atoms with Gasteiger partial charge in [-0.1, -0.05) is 0 Å². The topological polar surface area (TPSA) is 112 Å². The average Bonchev–Trinajstić information content (AvgIpc) is 3.27. The van der Waals surface area contributed by atoms with Crippen LogP contribution in [0.15, 0.2) is 30.3 Å². The van der Waals surface area contributed by atoms with Gasteiger partial charge in [-0.15, -0.1) is 15.7 Å². The Kier molecular flexibility index (Phi) is 4.45. The molecule has 2 amide bonds. The Morgan fingerprint density at radius 2 is 1.56 bits per heavy atom. The van der Waals surface area contributed by atoms with Gasteiger partial charge in [0.05, 0.1) is 18.0 Å². The molecule has 0 bridgehead atoms. The van der Waals surface area contributed by atoms with Crippen molar-refractivity contribution in [2.75, 3.05) is 43.6 Å². The number of rotatable bonds is 5. The van der Waals surface area contributed by atoms with E-state index in [4.69, 9.17) is 4.74 Å². The first-order valence-electron chi connectivity index (χ1n) is 12.1. The second-order valence-corrected chi connectivity index (χ2v) is 10.2. The van der Waals surface area contributed by atoms with Gasteiger partial charge in [0.2, 0.25) is 5.88 Å². The van der Waals surface area contributed by atoms with E-state index in [1.165, 1.54) is 12.8 Å². The van der Waals surface area contributed by atoms with Gasteiger partial charge in [0.1, 0.15) is 0 Å². The van der Waals surface area contributed by atoms with E-state index >= 15 is 0 Å². The van der Waals surface area contributed by atoms with Gasteiger partial charge in [0, 0.05) is 40.7 Å². The fourth-order valence-corrected chi connectivity index (χ4v) is 6.11. The van der Waals surface area contributed by atoms with E-state index in [0.29, 0.717) is 53.3 Å². The van der Waals surface area contributed by atoms with Crippen LogP contribution in [0.25, 0.3) is 0 Å². The minimum absolute atomic E-state index is 0. The summed E-state index contributed by atoms with van der Waals surface area (Å²) in [5.74, 6) is 2.99. The molecular weight excluding hydrogens is 434 g/mol. The lowest BCUT2D eigenvalue weighted by Crippen LogP contribution is -2.44. The van der Waals surface area contributed by atoms with Crippen LogP contribution in [0.4, 0.5) is 11.4 Å². The van der Waals surface area contributed by atoms with E-state index in [-0.39, 0.29) is 14.7 Å². The first kappa shape index (κ1) is 20.0. The van der Waals surface area contributed by atoms with Crippen LogP contribution in [0.1, 0.15) is 36.5 Å². The van der Waals surface area contributed by atoms with Crippen LogP contribution >= 0.6 is 0 Å². The van der Waals surface area contributed by atoms with E-state index in [0.717, 1.165) is 37.6 Å². The number of likely N-dealkylation sites (tertiary alicyclic amines) is 2. The number of fused-ring (bicyclic) bond motifs is 5. The lowest BCUT2D eigenvalue weighted by Gasteiger charge is -2.42. The van der Waals surface area contributed by atoms with E-state index in [9.17, 15) is 9.59 Å². The van der Waals surface area contributed by atoms with Gasteiger partial charge in [-0.25, -0.2) is 0 Å². The zero-order valence-corrected chi connectivity index (χ0v) is 18.7. The number of hydrogen-bond donors (Lipinski definition) is 3. The summed E-state index contributed by atoms with van der Waals surface area (Å²) in [6.07, 6.45) is 2.44. The summed E-state index contributed by atoms with van der Waals surface area (Å²) in [6.45, 7) is 3.67. The molecule has 2 saturated heterocycles. The summed E-state index contributed by atoms with van der Waals surface area (Å²) >= 11 is 0. The first-order valence-corrected chi connectivity index (χ1v) is 12.1. The Bertz CT molecular complexity index is 1140. The molecule has 5 aliphatic rings. The number of anilines is 2. The molecule has 1 aromatic carbocycles. The molecule has 180 valence electrons. The van der Waals surface area contributed by atoms with Crippen molar-refractivity contribution in [2.45, 2.75) is 12.8 Å². The largest absolute Gasteiger partial charge is 0.476 e. The monoisotopic (exact) mass is 465 g/mol. The summed E-state index contributed by atoms with van der Waals surface area (Å²) in [7, 11) is 0. The zero-order chi connectivity index (χ0) is 22.8. The van der Waals surface area contributed by atoms with Crippen LogP contribution in [0.2, 0.25) is 0 Å². The van der Waals surface area contributed by atoms with Gasteiger partial charge in [-0.05, 0) is 66.7 Å². The standard InChI is InChI=1S/C24H27N7O3.2H2/c32-23(14-3-4-19-21(7-14)27-29-26-19)30-8-15-16(9-30)18-11-31(10-17(15)18)24(33)20-5-6-22(28-25-20)34-12-13-1-2-13;;/h3-7,13,15-18,26-27,29H,1-2,8-12H2;2*1H/t15-,16+,17?,18?;;. The van der Waals surface area contributed by atoms with Crippen LogP contribution < -0.4 is 21.1 Å². The molecule has 7 rings (SSSR count). The normalized spacial score (nSPS) is 28.4. The third-order valence-corrected chi connectivity index (χ3v) is 8.18. The minimum atomic E-state index is -0.0606. The minimum Gasteiger partial charge on any atom is -0.476 e. The van der Waals surface area contributed by atoms with Crippen LogP contribution in [0.5, 0.6) is 5.88 Å². The number of hydrogen-bond acceptors (Lipinski definition) is 8. The molecule has 1 aromatic heterocycles. The molecule has 34 heavy (non-hydrogen) atoms. The Morgan fingerprint density at radius 1 is 0.882 bits per heavy atom. The predicted octanol–water partition coefficient (Wildman–Crippen LogP) is 2.10. The lowest BCUT2D eigenvalue weighted by molar-refractivity contribution is 0.0629. The highest BCUT2D eigenvalue weighted by molar-refractivity contribution is 5.97. The van der Waals surface area contributed by atoms with E-state index < -0.39 is 0 Å². The number of ether oxygens (including phenoxy) is 1. The van der Waals surface area contributed by atoms with Gasteiger partial charge in [-0.2, -0.15) is 0 Å². The maximum Gasteiger partial charge on any atom is 0.274 e. The van der Waals surface area contributed by atoms with Gasteiger partial charge in [0.25, 0.3) is 11.8 Å². The molecule has 10 heteroatoms. The summed E-state index contributed by atoms with van der Waals surface area (Å²) in [4.78, 5) is 30.1. The summed E-state index contributed by atoms with van der Waals surface area (Å²) in [5.41, 5.74) is 11.7. The SMILES string of the molecule is O=C(c1ccc2c(c1)NNN2)N1C[C@@H]2C3CN(C(=O)c4ccc(OCC5CC5)nn4)CC3[C@@H]2C1.[HH].[HH]. The van der Waals surface area contributed by atoms with E-state index in [2.05, 4.69) is 26.6 Å². The first-order chi connectivity index (χ1) is 16.6. The van der Waals surface area contributed by atoms with Crippen LogP contribution in [-0.2, 0) is 0 Å². The molecule has 4 heterocycles. The van der Waals surface area contributed by atoms with Crippen molar-refractivity contribution in [3.8, 4) is 5.88 Å². The van der Waals surface area contributed by atoms with E-state index in [1.54, 1.807) is 12.1 Å². The molecular formula is C24H31N7O3. The number of nitrogens with zero attached hydrogens (tertiary/aromatic N) is 4. The zero-order valence-electron chi connectivity index (χ0n) is 18.7. The smallest absolute Gasteiger partial charge is 0.274 e. The molecule has 2 unspecified atom stereocenters. The average molecular weight is 466 g/mol. The molecule has 3 N–H and O–H groups in total. The molecule has 2 aliphatic carbocycles. The lowest BCUT2D eigenvalue weighted by atomic mass is 9.60. The van der Waals surface area contributed by atoms with Crippen molar-refractivity contribution < 1.29 is 17.2 Å². The van der Waals surface area contributed by atoms with Crippen LogP contribution in [-0.4, -0.2) is 64.6 Å². The van der Waals surface area contributed by atoms with Gasteiger partial charge in [0.15, 0.2) is 5.69 Å². The molecule has 10 nitrogen and oxygen atoms in total. The number of benzene rings is 1. The highest BCUT2D eigenvalue weighted by Crippen LogP contribution is 2.54. The number of amides is 2. The summed E-state index contributed by atoms with van der Waals surface area (Å²) in [6, 6.07) is 9.12. The van der Waals surface area contributed by atoms with E-state index in [1.807, 2.05) is 28.0 Å². The highest BCUT2D eigenvalue weighted by Gasteiger charge is 2.59. The third-order valence-electron chi connectivity index (χ3n) is 8.18. The maximum atomic E-state index is 13.1. The Morgan fingerprint density at radius 3 is 2.21 bits per heavy atom. The number of nitrogens with one attached hydrogen (secondary N) is 3. The Labute approximate surface area is 199 Å². The highest BCUT2D eigenvalue weighted by atomic mass is 16.5. The van der Waals surface area contributed by atoms with Crippen molar-refractivity contribution in [1.29, 1.82) is 0 Å². The fraction of sp³-hybridized carbons (Fsp3) is 0.500. The predicted molar refractivity (Wildman–Crippen MR) is 127 cm³/mol. The van der Waals surface area contributed by atoms with Crippen molar-refractivity contribution in [2.24, 2.45) is 29.6 Å². The number of carbonyl (C=O) groups excluding carboxylic acids is 2. The second-order valence-electron chi connectivity index (χ2n) is 10.2. The molecule has 4 atom stereocenters. The Balaban J connectivity index is 0.00000133. The van der Waals surface area contributed by atoms with Crippen molar-refractivity contribution >= 4 is 23.2 Å². The third kappa shape index (κ3) is 3.27. The molecule has 0 spiro atoms. The molecule has 3 aliphatic heterocycles. The molecule has 2 aromatic rings. The number of aromatic nitrogens is 2. The van der Waals surface area contributed by atoms with Gasteiger partial charge >= 0.3 is 0 Å². The van der Waals surface area contributed by atoms with Crippen molar-refractivity contribution in [1.82, 2.24) is 25.5 Å². The van der Waals surface area contributed by atoms with Gasteiger partial charge in [-0.3, -0.25) is 9.59 Å². The van der Waals surface area contributed by atoms with Crippen molar-refractivity contribution in [3.63, 3.8) is 0 Å². The van der Waals surface area contributed by atoms with Gasteiger partial charge < -0.3 is 25.4 Å². The van der Waals surface area contributed by atoms with Crippen molar-refractivity contribution in [3.05, 3.63) is 41.6 Å². The summed E-state index contributed by atoms with van der Waals surface area (Å²) < 4.78 is 5.63. The Hall–Kier alpha value is -3.40. The number of carbonyl (C=O) groups is 2. The summed E-state index contributed by atoms with van der Waals surface area (Å²) in [5, 5.41) is 8.21. The van der Waals surface area contributed by atoms with Crippen LogP contribution in [0.3, 0.4) is 0 Å². The quantitative estimate of drug-likeness (QED) is 0.616. The molecule has 4 fully saturated rings. The second kappa shape index (κ2) is 7.56. The maximum absolute atomic E-state index is 13.1. The molecule has 2 saturated carbocycles. The molecule has 0 radical (unpaired) electrons.